The number of carbonyl (C=O) groups is 1. The first-order valence-electron chi connectivity index (χ1n) is 4.43. The molecule has 14 heavy (non-hydrogen) atoms. The Morgan fingerprint density at radius 2 is 2.29 bits per heavy atom. The van der Waals surface area contributed by atoms with Gasteiger partial charge in [-0.3, -0.25) is 0 Å². The van der Waals surface area contributed by atoms with Crippen LogP contribution < -0.4 is 5.73 Å². The second-order valence-corrected chi connectivity index (χ2v) is 2.98. The van der Waals surface area contributed by atoms with Gasteiger partial charge in [-0.05, 0) is 29.7 Å². The lowest BCUT2D eigenvalue weighted by Crippen LogP contribution is -1.93. The Kier molecular flexibility index (Phi) is 3.29. The van der Waals surface area contributed by atoms with Crippen LogP contribution in [-0.2, 0) is 11.2 Å². The Balaban J connectivity index is 2.91. The summed E-state index contributed by atoms with van der Waals surface area (Å²) in [6, 6.07) is 5.55. The molecule has 0 fully saturated rings. The number of nitrogens with two attached hydrogens (primary N) is 1. The molecule has 0 amide bonds. The number of rotatable bonds is 3. The van der Waals surface area contributed by atoms with E-state index in [4.69, 9.17) is 10.8 Å². The van der Waals surface area contributed by atoms with Gasteiger partial charge in [0, 0.05) is 11.8 Å². The van der Waals surface area contributed by atoms with Gasteiger partial charge in [-0.15, -0.1) is 0 Å². The van der Waals surface area contributed by atoms with E-state index in [1.54, 1.807) is 6.07 Å². The SMILES string of the molecule is CCc1ccc(C=CC(=O)O)cc1N. The van der Waals surface area contributed by atoms with E-state index >= 15 is 0 Å². The molecule has 0 bridgehead atoms. The summed E-state index contributed by atoms with van der Waals surface area (Å²) in [5.41, 5.74) is 8.35. The second-order valence-electron chi connectivity index (χ2n) is 2.98. The maximum absolute atomic E-state index is 10.3. The molecule has 3 nitrogen and oxygen atoms in total. The number of benzene rings is 1. The molecule has 0 saturated carbocycles. The highest BCUT2D eigenvalue weighted by molar-refractivity contribution is 5.85. The van der Waals surface area contributed by atoms with E-state index in [1.165, 1.54) is 6.08 Å². The lowest BCUT2D eigenvalue weighted by molar-refractivity contribution is -0.131. The number of aliphatic carboxylic acids is 1. The maximum atomic E-state index is 10.3. The monoisotopic (exact) mass is 191 g/mol. The number of anilines is 1. The van der Waals surface area contributed by atoms with Crippen LogP contribution in [0.4, 0.5) is 5.69 Å². The fourth-order valence-electron chi connectivity index (χ4n) is 1.21. The standard InChI is InChI=1S/C11H13NO2/c1-2-9-5-3-8(7-10(9)12)4-6-11(13)14/h3-7H,2,12H2,1H3,(H,13,14). The summed E-state index contributed by atoms with van der Waals surface area (Å²) in [6.45, 7) is 2.03. The third-order valence-corrected chi connectivity index (χ3v) is 1.97. The van der Waals surface area contributed by atoms with Crippen molar-refractivity contribution in [1.82, 2.24) is 0 Å². The van der Waals surface area contributed by atoms with E-state index in [2.05, 4.69) is 0 Å². The van der Waals surface area contributed by atoms with Crippen molar-refractivity contribution in [1.29, 1.82) is 0 Å². The zero-order chi connectivity index (χ0) is 10.6. The Hall–Kier alpha value is -1.77. The van der Waals surface area contributed by atoms with Crippen molar-refractivity contribution in [3.8, 4) is 0 Å². The summed E-state index contributed by atoms with van der Waals surface area (Å²) in [5, 5.41) is 8.43. The second kappa shape index (κ2) is 4.46. The minimum Gasteiger partial charge on any atom is -0.478 e. The summed E-state index contributed by atoms with van der Waals surface area (Å²) in [4.78, 5) is 10.3. The molecule has 0 aliphatic carbocycles. The van der Waals surface area contributed by atoms with Crippen LogP contribution in [0.2, 0.25) is 0 Å². The third kappa shape index (κ3) is 2.62. The minimum absolute atomic E-state index is 0.708. The molecule has 1 rings (SSSR count). The van der Waals surface area contributed by atoms with Crippen LogP contribution in [0.1, 0.15) is 18.1 Å². The zero-order valence-electron chi connectivity index (χ0n) is 8.03. The van der Waals surface area contributed by atoms with Gasteiger partial charge >= 0.3 is 5.97 Å². The Morgan fingerprint density at radius 1 is 1.57 bits per heavy atom. The molecule has 0 aliphatic rings. The summed E-state index contributed by atoms with van der Waals surface area (Å²) in [5.74, 6) is -0.955. The highest BCUT2D eigenvalue weighted by Gasteiger charge is 1.96. The smallest absolute Gasteiger partial charge is 0.328 e. The van der Waals surface area contributed by atoms with E-state index in [0.717, 1.165) is 23.6 Å². The summed E-state index contributed by atoms with van der Waals surface area (Å²) in [6.07, 6.45) is 3.51. The number of nitrogen functional groups attached to an aromatic ring is 1. The van der Waals surface area contributed by atoms with Crippen LogP contribution in [0.15, 0.2) is 24.3 Å². The average Bonchev–Trinajstić information content (AvgIpc) is 2.15. The van der Waals surface area contributed by atoms with Gasteiger partial charge in [0.2, 0.25) is 0 Å². The number of hydrogen-bond acceptors (Lipinski definition) is 2. The summed E-state index contributed by atoms with van der Waals surface area (Å²) < 4.78 is 0. The highest BCUT2D eigenvalue weighted by atomic mass is 16.4. The number of hydrogen-bond donors (Lipinski definition) is 2. The molecule has 0 heterocycles. The molecule has 0 saturated heterocycles. The number of carboxylic acid groups (broad SMARTS) is 1. The van der Waals surface area contributed by atoms with E-state index in [1.807, 2.05) is 19.1 Å². The van der Waals surface area contributed by atoms with Crippen LogP contribution in [-0.4, -0.2) is 11.1 Å². The van der Waals surface area contributed by atoms with Crippen molar-refractivity contribution < 1.29 is 9.90 Å². The molecule has 1 aromatic carbocycles. The zero-order valence-corrected chi connectivity index (χ0v) is 8.03. The molecule has 0 aromatic heterocycles. The Morgan fingerprint density at radius 3 is 2.79 bits per heavy atom. The minimum atomic E-state index is -0.955. The molecular weight excluding hydrogens is 178 g/mol. The highest BCUT2D eigenvalue weighted by Crippen LogP contribution is 2.15. The molecule has 0 spiro atoms. The lowest BCUT2D eigenvalue weighted by atomic mass is 10.1. The first-order chi connectivity index (χ1) is 6.63. The number of carboxylic acids is 1. The summed E-state index contributed by atoms with van der Waals surface area (Å²) in [7, 11) is 0. The van der Waals surface area contributed by atoms with Crippen molar-refractivity contribution in [2.45, 2.75) is 13.3 Å². The molecule has 74 valence electrons. The molecule has 0 atom stereocenters. The predicted molar refractivity (Wildman–Crippen MR) is 56.9 cm³/mol. The molecule has 3 N–H and O–H groups in total. The summed E-state index contributed by atoms with van der Waals surface area (Å²) >= 11 is 0. The average molecular weight is 191 g/mol. The van der Waals surface area contributed by atoms with Gasteiger partial charge in [0.25, 0.3) is 0 Å². The van der Waals surface area contributed by atoms with Crippen LogP contribution in [0, 0.1) is 0 Å². The molecule has 1 aromatic rings. The first-order valence-corrected chi connectivity index (χ1v) is 4.43. The van der Waals surface area contributed by atoms with Crippen molar-refractivity contribution in [3.05, 3.63) is 35.4 Å². The van der Waals surface area contributed by atoms with Crippen LogP contribution >= 0.6 is 0 Å². The van der Waals surface area contributed by atoms with Gasteiger partial charge in [-0.1, -0.05) is 19.1 Å². The van der Waals surface area contributed by atoms with E-state index in [9.17, 15) is 4.79 Å². The predicted octanol–water partition coefficient (Wildman–Crippen LogP) is 1.93. The molecular formula is C11H13NO2. The van der Waals surface area contributed by atoms with Gasteiger partial charge < -0.3 is 10.8 Å². The Bertz CT molecular complexity index is 370. The quantitative estimate of drug-likeness (QED) is 0.566. The largest absolute Gasteiger partial charge is 0.478 e. The molecule has 3 heteroatoms. The normalized spacial score (nSPS) is 10.6. The van der Waals surface area contributed by atoms with Crippen molar-refractivity contribution in [2.75, 3.05) is 5.73 Å². The lowest BCUT2D eigenvalue weighted by Gasteiger charge is -2.02. The number of aryl methyl sites for hydroxylation is 1. The van der Waals surface area contributed by atoms with E-state index in [-0.39, 0.29) is 0 Å². The van der Waals surface area contributed by atoms with Crippen LogP contribution in [0.25, 0.3) is 6.08 Å². The first kappa shape index (κ1) is 10.3. The third-order valence-electron chi connectivity index (χ3n) is 1.97. The van der Waals surface area contributed by atoms with Gasteiger partial charge in [0.1, 0.15) is 0 Å². The van der Waals surface area contributed by atoms with Crippen molar-refractivity contribution in [2.24, 2.45) is 0 Å². The van der Waals surface area contributed by atoms with Gasteiger partial charge in [-0.2, -0.15) is 0 Å². The molecule has 0 aliphatic heterocycles. The van der Waals surface area contributed by atoms with Crippen LogP contribution in [0.5, 0.6) is 0 Å². The fourth-order valence-corrected chi connectivity index (χ4v) is 1.21. The van der Waals surface area contributed by atoms with Crippen molar-refractivity contribution in [3.63, 3.8) is 0 Å². The van der Waals surface area contributed by atoms with E-state index in [0.29, 0.717) is 5.69 Å². The van der Waals surface area contributed by atoms with Gasteiger partial charge in [0.15, 0.2) is 0 Å². The van der Waals surface area contributed by atoms with Gasteiger partial charge in [-0.25, -0.2) is 4.79 Å². The van der Waals surface area contributed by atoms with Gasteiger partial charge in [0.05, 0.1) is 0 Å². The molecule has 0 radical (unpaired) electrons. The van der Waals surface area contributed by atoms with E-state index < -0.39 is 5.97 Å². The van der Waals surface area contributed by atoms with Crippen molar-refractivity contribution >= 4 is 17.7 Å². The van der Waals surface area contributed by atoms with Crippen LogP contribution in [0.3, 0.4) is 0 Å². The fraction of sp³-hybridized carbons (Fsp3) is 0.182. The Labute approximate surface area is 82.9 Å². The topological polar surface area (TPSA) is 63.3 Å². The molecule has 0 unspecified atom stereocenters. The maximum Gasteiger partial charge on any atom is 0.328 e.